The van der Waals surface area contributed by atoms with E-state index in [4.69, 9.17) is 25.8 Å². The van der Waals surface area contributed by atoms with E-state index in [-0.39, 0.29) is 24.1 Å². The molecule has 0 aliphatic carbocycles. The van der Waals surface area contributed by atoms with Gasteiger partial charge in [-0.05, 0) is 20.8 Å². The van der Waals surface area contributed by atoms with Crippen molar-refractivity contribution in [2.75, 3.05) is 13.2 Å². The van der Waals surface area contributed by atoms with Crippen LogP contribution in [0.25, 0.3) is 0 Å². The van der Waals surface area contributed by atoms with Crippen LogP contribution in [-0.2, 0) is 19.0 Å². The lowest BCUT2D eigenvalue weighted by molar-refractivity contribution is -0.148. The van der Waals surface area contributed by atoms with Gasteiger partial charge in [0.25, 0.3) is 0 Å². The molecule has 0 aromatic heterocycles. The lowest BCUT2D eigenvalue weighted by atomic mass is 10.1. The summed E-state index contributed by atoms with van der Waals surface area (Å²) < 4.78 is 16.1. The number of likely N-dealkylation sites (tertiary alicyclic amines) is 1. The zero-order valence-corrected chi connectivity index (χ0v) is 12.8. The number of hydrogen-bond acceptors (Lipinski definition) is 5. The van der Waals surface area contributed by atoms with Gasteiger partial charge < -0.3 is 14.2 Å². The molecule has 2 aliphatic rings. The second-order valence-corrected chi connectivity index (χ2v) is 6.65. The number of alkyl halides is 1. The molecule has 0 bridgehead atoms. The van der Waals surface area contributed by atoms with E-state index in [9.17, 15) is 9.59 Å². The molecular weight excluding hydrogens is 286 g/mol. The van der Waals surface area contributed by atoms with Crippen molar-refractivity contribution in [2.45, 2.75) is 56.9 Å². The molecule has 4 atom stereocenters. The fourth-order valence-electron chi connectivity index (χ4n) is 2.56. The number of carbonyl (C=O) groups excluding carboxylic acids is 2. The highest BCUT2D eigenvalue weighted by Crippen LogP contribution is 2.35. The van der Waals surface area contributed by atoms with Crippen molar-refractivity contribution in [1.82, 2.24) is 4.90 Å². The van der Waals surface area contributed by atoms with Crippen molar-refractivity contribution in [1.29, 1.82) is 0 Å². The molecule has 2 saturated heterocycles. The summed E-state index contributed by atoms with van der Waals surface area (Å²) in [5.74, 6) is -0.401. The van der Waals surface area contributed by atoms with Crippen LogP contribution in [0.2, 0.25) is 0 Å². The Labute approximate surface area is 123 Å². The fraction of sp³-hybridized carbons (Fsp3) is 0.846. The van der Waals surface area contributed by atoms with E-state index in [1.54, 1.807) is 20.8 Å². The number of nitrogens with zero attached hydrogens (tertiary/aromatic N) is 1. The third-order valence-corrected chi connectivity index (χ3v) is 3.59. The Morgan fingerprint density at radius 3 is 2.55 bits per heavy atom. The summed E-state index contributed by atoms with van der Waals surface area (Å²) in [6.07, 6.45) is -1.28. The van der Waals surface area contributed by atoms with Crippen LogP contribution in [0.5, 0.6) is 0 Å². The monoisotopic (exact) mass is 305 g/mol. The molecule has 7 heteroatoms. The van der Waals surface area contributed by atoms with Crippen molar-refractivity contribution < 1.29 is 23.8 Å². The number of carbonyl (C=O) groups is 2. The lowest BCUT2D eigenvalue weighted by Crippen LogP contribution is -2.47. The molecule has 2 rings (SSSR count). The Morgan fingerprint density at radius 1 is 1.35 bits per heavy atom. The van der Waals surface area contributed by atoms with Gasteiger partial charge in [0.2, 0.25) is 0 Å². The predicted octanol–water partition coefficient (Wildman–Crippen LogP) is 1.54. The first-order valence-corrected chi connectivity index (χ1v) is 7.05. The zero-order chi connectivity index (χ0) is 15.1. The smallest absolute Gasteiger partial charge is 0.410 e. The highest BCUT2D eigenvalue weighted by atomic mass is 35.5. The summed E-state index contributed by atoms with van der Waals surface area (Å²) in [5, 5.41) is -0.326. The van der Waals surface area contributed by atoms with Crippen LogP contribution < -0.4 is 0 Å². The minimum atomic E-state index is -0.590. The van der Waals surface area contributed by atoms with Crippen LogP contribution in [0.1, 0.15) is 27.7 Å². The topological polar surface area (TPSA) is 65.1 Å². The number of ether oxygens (including phenoxy) is 3. The molecule has 20 heavy (non-hydrogen) atoms. The number of esters is 1. The van der Waals surface area contributed by atoms with E-state index in [1.807, 2.05) is 0 Å². The van der Waals surface area contributed by atoms with Crippen LogP contribution in [0.3, 0.4) is 0 Å². The van der Waals surface area contributed by atoms with E-state index >= 15 is 0 Å². The second kappa shape index (κ2) is 5.41. The first kappa shape index (κ1) is 15.4. The minimum absolute atomic E-state index is 0.247. The van der Waals surface area contributed by atoms with Crippen molar-refractivity contribution >= 4 is 23.7 Å². The Bertz CT molecular complexity index is 408. The fourth-order valence-corrected chi connectivity index (χ4v) is 2.93. The summed E-state index contributed by atoms with van der Waals surface area (Å²) in [4.78, 5) is 24.9. The van der Waals surface area contributed by atoms with Crippen molar-refractivity contribution in [3.63, 3.8) is 0 Å². The van der Waals surface area contributed by atoms with Gasteiger partial charge in [-0.1, -0.05) is 0 Å². The predicted molar refractivity (Wildman–Crippen MR) is 71.7 cm³/mol. The molecule has 0 aromatic rings. The zero-order valence-electron chi connectivity index (χ0n) is 12.1. The van der Waals surface area contributed by atoms with Gasteiger partial charge in [-0.15, -0.1) is 11.6 Å². The lowest BCUT2D eigenvalue weighted by Gasteiger charge is -2.29. The Kier molecular flexibility index (Phi) is 4.16. The Hall–Kier alpha value is -1.01. The van der Waals surface area contributed by atoms with E-state index in [1.165, 1.54) is 11.8 Å². The van der Waals surface area contributed by atoms with Gasteiger partial charge in [-0.25, -0.2) is 4.79 Å². The molecule has 6 nitrogen and oxygen atoms in total. The molecule has 2 aliphatic heterocycles. The average Bonchev–Trinajstić information content (AvgIpc) is 2.79. The number of halogens is 1. The second-order valence-electron chi connectivity index (χ2n) is 6.09. The van der Waals surface area contributed by atoms with Gasteiger partial charge in [0.15, 0.2) is 0 Å². The Balaban J connectivity index is 2.12. The number of amides is 1. The summed E-state index contributed by atoms with van der Waals surface area (Å²) in [6.45, 7) is 7.29. The molecule has 0 saturated carbocycles. The molecule has 2 fully saturated rings. The molecule has 2 heterocycles. The van der Waals surface area contributed by atoms with Crippen LogP contribution in [0.15, 0.2) is 0 Å². The molecule has 114 valence electrons. The van der Waals surface area contributed by atoms with Crippen molar-refractivity contribution in [2.24, 2.45) is 0 Å². The molecule has 0 aromatic carbocycles. The van der Waals surface area contributed by atoms with Gasteiger partial charge >= 0.3 is 12.1 Å². The molecule has 0 radical (unpaired) electrons. The van der Waals surface area contributed by atoms with Gasteiger partial charge in [-0.3, -0.25) is 9.69 Å². The van der Waals surface area contributed by atoms with Gasteiger partial charge in [0.05, 0.1) is 18.1 Å². The van der Waals surface area contributed by atoms with E-state index in [2.05, 4.69) is 0 Å². The molecule has 0 N–H and O–H groups in total. The quantitative estimate of drug-likeness (QED) is 0.543. The summed E-state index contributed by atoms with van der Waals surface area (Å²) >= 11 is 6.21. The summed E-state index contributed by atoms with van der Waals surface area (Å²) in [6, 6.07) is -0.378. The van der Waals surface area contributed by atoms with Crippen molar-refractivity contribution in [3.05, 3.63) is 0 Å². The maximum atomic E-state index is 12.2. The molecular formula is C13H20ClNO5. The SMILES string of the molecule is CC(=O)O[C@H]1CO[C@H]2[C@@H]1N(C(=O)OC(C)(C)C)C[C@@H]2Cl. The number of fused-ring (bicyclic) bond motifs is 1. The van der Waals surface area contributed by atoms with Crippen LogP contribution in [0, 0.1) is 0 Å². The van der Waals surface area contributed by atoms with E-state index < -0.39 is 23.8 Å². The largest absolute Gasteiger partial charge is 0.458 e. The maximum Gasteiger partial charge on any atom is 0.410 e. The van der Waals surface area contributed by atoms with Crippen LogP contribution in [0.4, 0.5) is 4.79 Å². The number of rotatable bonds is 1. The van der Waals surface area contributed by atoms with E-state index in [0.29, 0.717) is 6.54 Å². The maximum absolute atomic E-state index is 12.2. The van der Waals surface area contributed by atoms with Gasteiger partial charge in [0.1, 0.15) is 17.7 Å². The highest BCUT2D eigenvalue weighted by molar-refractivity contribution is 6.21. The Morgan fingerprint density at radius 2 is 2.00 bits per heavy atom. The molecule has 0 spiro atoms. The first-order valence-electron chi connectivity index (χ1n) is 6.61. The van der Waals surface area contributed by atoms with Crippen LogP contribution in [-0.4, -0.2) is 59.3 Å². The third kappa shape index (κ3) is 3.17. The molecule has 1 amide bonds. The average molecular weight is 306 g/mol. The van der Waals surface area contributed by atoms with Crippen LogP contribution >= 0.6 is 11.6 Å². The summed E-state index contributed by atoms with van der Waals surface area (Å²) in [5.41, 5.74) is -0.590. The van der Waals surface area contributed by atoms with Crippen molar-refractivity contribution in [3.8, 4) is 0 Å². The number of hydrogen-bond donors (Lipinski definition) is 0. The summed E-state index contributed by atoms with van der Waals surface area (Å²) in [7, 11) is 0. The third-order valence-electron chi connectivity index (χ3n) is 3.20. The van der Waals surface area contributed by atoms with Gasteiger partial charge in [0, 0.05) is 13.5 Å². The van der Waals surface area contributed by atoms with E-state index in [0.717, 1.165) is 0 Å². The highest BCUT2D eigenvalue weighted by Gasteiger charge is 2.54. The normalized spacial score (nSPS) is 33.0. The first-order chi connectivity index (χ1) is 9.19. The molecule has 0 unspecified atom stereocenters. The van der Waals surface area contributed by atoms with Gasteiger partial charge in [-0.2, -0.15) is 0 Å². The minimum Gasteiger partial charge on any atom is -0.458 e. The standard InChI is InChI=1S/C13H20ClNO5/c1-7(16)19-9-6-18-11-8(14)5-15(10(9)11)12(17)20-13(2,3)4/h8-11H,5-6H2,1-4H3/t8-,9-,10+,11+/m0/s1.